The average molecular weight is 283 g/mol. The van der Waals surface area contributed by atoms with Crippen LogP contribution in [-0.2, 0) is 0 Å². The number of carbonyl (C=O) groups excluding carboxylic acids is 1. The second-order valence-electron chi connectivity index (χ2n) is 3.70. The number of ether oxygens (including phenoxy) is 1. The van der Waals surface area contributed by atoms with Crippen LogP contribution < -0.4 is 10.5 Å². The van der Waals surface area contributed by atoms with Crippen LogP contribution in [0.3, 0.4) is 0 Å². The summed E-state index contributed by atoms with van der Waals surface area (Å²) in [5, 5.41) is 7.21. The zero-order valence-corrected chi connectivity index (χ0v) is 9.89. The van der Waals surface area contributed by atoms with Crippen molar-refractivity contribution in [3.05, 3.63) is 42.1 Å². The van der Waals surface area contributed by atoms with Gasteiger partial charge in [0.1, 0.15) is 11.4 Å². The van der Waals surface area contributed by atoms with Gasteiger partial charge >= 0.3 is 6.36 Å². The van der Waals surface area contributed by atoms with Crippen molar-refractivity contribution in [3.8, 4) is 17.0 Å². The SMILES string of the molecule is NC(=O)c1ccnnc1-c1ccccc1OC(F)(F)F. The standard InChI is InChI=1S/C12H8F3N3O2/c13-12(14,15)20-9-4-2-1-3-7(9)10-8(11(16)19)5-6-17-18-10/h1-6H,(H2,16,19). The quantitative estimate of drug-likeness (QED) is 0.936. The Labute approximate surface area is 111 Å². The van der Waals surface area contributed by atoms with Crippen molar-refractivity contribution in [1.82, 2.24) is 10.2 Å². The van der Waals surface area contributed by atoms with E-state index in [2.05, 4.69) is 14.9 Å². The highest BCUT2D eigenvalue weighted by atomic mass is 19.4. The van der Waals surface area contributed by atoms with Gasteiger partial charge in [0.15, 0.2) is 0 Å². The molecule has 0 aliphatic heterocycles. The van der Waals surface area contributed by atoms with Gasteiger partial charge in [0.25, 0.3) is 5.91 Å². The molecule has 0 saturated heterocycles. The third kappa shape index (κ3) is 3.02. The van der Waals surface area contributed by atoms with Crippen LogP contribution in [0.25, 0.3) is 11.3 Å². The highest BCUT2D eigenvalue weighted by Gasteiger charge is 2.32. The molecule has 0 unspecified atom stereocenters. The molecular formula is C12H8F3N3O2. The lowest BCUT2D eigenvalue weighted by Gasteiger charge is -2.13. The first-order valence-corrected chi connectivity index (χ1v) is 5.35. The van der Waals surface area contributed by atoms with Crippen molar-refractivity contribution < 1.29 is 22.7 Å². The minimum absolute atomic E-state index is 0.0216. The number of aromatic nitrogens is 2. The maximum atomic E-state index is 12.3. The van der Waals surface area contributed by atoms with Crippen LogP contribution in [-0.4, -0.2) is 22.5 Å². The van der Waals surface area contributed by atoms with Gasteiger partial charge in [0.2, 0.25) is 0 Å². The Morgan fingerprint density at radius 1 is 1.20 bits per heavy atom. The highest BCUT2D eigenvalue weighted by molar-refractivity contribution is 5.99. The van der Waals surface area contributed by atoms with Crippen LogP contribution in [0.5, 0.6) is 5.75 Å². The molecule has 0 atom stereocenters. The van der Waals surface area contributed by atoms with E-state index in [1.165, 1.54) is 30.5 Å². The number of benzene rings is 1. The second-order valence-corrected chi connectivity index (χ2v) is 3.70. The lowest BCUT2D eigenvalue weighted by Crippen LogP contribution is -2.18. The molecular weight excluding hydrogens is 275 g/mol. The number of hydrogen-bond donors (Lipinski definition) is 1. The van der Waals surface area contributed by atoms with Gasteiger partial charge in [-0.25, -0.2) is 0 Å². The number of para-hydroxylation sites is 1. The van der Waals surface area contributed by atoms with E-state index in [0.717, 1.165) is 6.07 Å². The number of nitrogens with zero attached hydrogens (tertiary/aromatic N) is 2. The number of alkyl halides is 3. The fourth-order valence-corrected chi connectivity index (χ4v) is 1.61. The van der Waals surface area contributed by atoms with Crippen molar-refractivity contribution in [2.24, 2.45) is 5.73 Å². The predicted molar refractivity (Wildman–Crippen MR) is 62.7 cm³/mol. The summed E-state index contributed by atoms with van der Waals surface area (Å²) in [7, 11) is 0. The first kappa shape index (κ1) is 13.8. The first-order chi connectivity index (χ1) is 9.38. The molecule has 2 N–H and O–H groups in total. The molecule has 0 fully saturated rings. The Hall–Kier alpha value is -2.64. The number of nitrogens with two attached hydrogens (primary N) is 1. The minimum Gasteiger partial charge on any atom is -0.405 e. The van der Waals surface area contributed by atoms with Crippen molar-refractivity contribution in [2.45, 2.75) is 6.36 Å². The molecule has 0 radical (unpaired) electrons. The van der Waals surface area contributed by atoms with Crippen LogP contribution in [0.2, 0.25) is 0 Å². The summed E-state index contributed by atoms with van der Waals surface area (Å²) in [6.45, 7) is 0. The van der Waals surface area contributed by atoms with E-state index in [1.54, 1.807) is 0 Å². The van der Waals surface area contributed by atoms with Crippen LogP contribution in [0.4, 0.5) is 13.2 Å². The summed E-state index contributed by atoms with van der Waals surface area (Å²) in [5.74, 6) is -1.31. The van der Waals surface area contributed by atoms with Crippen molar-refractivity contribution in [1.29, 1.82) is 0 Å². The Kier molecular flexibility index (Phi) is 3.55. The zero-order chi connectivity index (χ0) is 14.8. The lowest BCUT2D eigenvalue weighted by molar-refractivity contribution is -0.274. The largest absolute Gasteiger partial charge is 0.573 e. The third-order valence-corrected chi connectivity index (χ3v) is 2.35. The monoisotopic (exact) mass is 283 g/mol. The zero-order valence-electron chi connectivity index (χ0n) is 9.89. The second kappa shape index (κ2) is 5.16. The molecule has 1 aromatic carbocycles. The van der Waals surface area contributed by atoms with Gasteiger partial charge in [-0.2, -0.15) is 5.10 Å². The summed E-state index contributed by atoms with van der Waals surface area (Å²) in [6.07, 6.45) is -3.64. The molecule has 1 aromatic heterocycles. The van der Waals surface area contributed by atoms with E-state index < -0.39 is 18.0 Å². The van der Waals surface area contributed by atoms with Crippen molar-refractivity contribution >= 4 is 5.91 Å². The fraction of sp³-hybridized carbons (Fsp3) is 0.0833. The lowest BCUT2D eigenvalue weighted by atomic mass is 10.1. The Bertz CT molecular complexity index is 644. The molecule has 0 aliphatic rings. The molecule has 1 amide bonds. The Morgan fingerprint density at radius 3 is 2.55 bits per heavy atom. The maximum Gasteiger partial charge on any atom is 0.573 e. The third-order valence-electron chi connectivity index (χ3n) is 2.35. The summed E-state index contributed by atoms with van der Waals surface area (Å²) >= 11 is 0. The molecule has 104 valence electrons. The predicted octanol–water partition coefficient (Wildman–Crippen LogP) is 2.14. The molecule has 0 aliphatic carbocycles. The van der Waals surface area contributed by atoms with Gasteiger partial charge in [-0.05, 0) is 18.2 Å². The topological polar surface area (TPSA) is 78.1 Å². The molecule has 0 spiro atoms. The Morgan fingerprint density at radius 2 is 1.90 bits per heavy atom. The molecule has 2 aromatic rings. The molecule has 1 heterocycles. The summed E-state index contributed by atoms with van der Waals surface area (Å²) < 4.78 is 40.9. The Balaban J connectivity index is 2.56. The van der Waals surface area contributed by atoms with E-state index >= 15 is 0 Å². The summed E-state index contributed by atoms with van der Waals surface area (Å²) in [6, 6.07) is 6.57. The van der Waals surface area contributed by atoms with Gasteiger partial charge in [-0.3, -0.25) is 4.79 Å². The van der Waals surface area contributed by atoms with Gasteiger partial charge in [0.05, 0.1) is 11.8 Å². The van der Waals surface area contributed by atoms with Gasteiger partial charge in [-0.1, -0.05) is 12.1 Å². The highest BCUT2D eigenvalue weighted by Crippen LogP contribution is 2.33. The number of amides is 1. The first-order valence-electron chi connectivity index (χ1n) is 5.35. The molecule has 2 rings (SSSR count). The molecule has 8 heteroatoms. The number of primary amides is 1. The molecule has 0 saturated carbocycles. The molecule has 0 bridgehead atoms. The van der Waals surface area contributed by atoms with Crippen molar-refractivity contribution in [3.63, 3.8) is 0 Å². The summed E-state index contributed by atoms with van der Waals surface area (Å²) in [5.41, 5.74) is 5.03. The van der Waals surface area contributed by atoms with E-state index in [9.17, 15) is 18.0 Å². The van der Waals surface area contributed by atoms with E-state index in [4.69, 9.17) is 5.73 Å². The van der Waals surface area contributed by atoms with E-state index in [1.807, 2.05) is 0 Å². The van der Waals surface area contributed by atoms with E-state index in [-0.39, 0.29) is 16.8 Å². The van der Waals surface area contributed by atoms with Gasteiger partial charge < -0.3 is 10.5 Å². The van der Waals surface area contributed by atoms with Crippen LogP contribution in [0.15, 0.2) is 36.5 Å². The number of hydrogen-bond acceptors (Lipinski definition) is 4. The van der Waals surface area contributed by atoms with E-state index in [0.29, 0.717) is 0 Å². The smallest absolute Gasteiger partial charge is 0.405 e. The van der Waals surface area contributed by atoms with Crippen LogP contribution in [0, 0.1) is 0 Å². The normalized spacial score (nSPS) is 11.2. The number of rotatable bonds is 3. The van der Waals surface area contributed by atoms with Crippen LogP contribution >= 0.6 is 0 Å². The molecule has 20 heavy (non-hydrogen) atoms. The van der Waals surface area contributed by atoms with Crippen molar-refractivity contribution in [2.75, 3.05) is 0 Å². The van der Waals surface area contributed by atoms with Gasteiger partial charge in [-0.15, -0.1) is 18.3 Å². The average Bonchev–Trinajstić information content (AvgIpc) is 2.37. The van der Waals surface area contributed by atoms with Gasteiger partial charge in [0, 0.05) is 5.56 Å². The maximum absolute atomic E-state index is 12.3. The fourth-order valence-electron chi connectivity index (χ4n) is 1.61. The van der Waals surface area contributed by atoms with Crippen LogP contribution in [0.1, 0.15) is 10.4 Å². The summed E-state index contributed by atoms with van der Waals surface area (Å²) in [4.78, 5) is 11.3. The number of carbonyl (C=O) groups is 1. The molecule has 5 nitrogen and oxygen atoms in total. The minimum atomic E-state index is -4.86. The number of halogens is 3.